The summed E-state index contributed by atoms with van der Waals surface area (Å²) in [5.74, 6) is -0.666. The highest BCUT2D eigenvalue weighted by Crippen LogP contribution is 2.12. The van der Waals surface area contributed by atoms with Crippen LogP contribution in [-0.2, 0) is 0 Å². The van der Waals surface area contributed by atoms with Crippen molar-refractivity contribution in [2.45, 2.75) is 6.85 Å². The fraction of sp³-hybridized carbons (Fsp3) is 0.100. The molecule has 2 aromatic rings. The molecule has 0 spiro atoms. The summed E-state index contributed by atoms with van der Waals surface area (Å²) in [7, 11) is 0. The van der Waals surface area contributed by atoms with Gasteiger partial charge in [0.2, 0.25) is 0 Å². The monoisotopic (exact) mass is 182 g/mol. The molecule has 66 valence electrons. The van der Waals surface area contributed by atoms with Crippen molar-refractivity contribution >= 4 is 5.69 Å². The Morgan fingerprint density at radius 3 is 3.38 bits per heavy atom. The van der Waals surface area contributed by atoms with Crippen LogP contribution in [0.15, 0.2) is 36.5 Å². The molecule has 3 nitrogen and oxygen atoms in total. The average Bonchev–Trinajstić information content (AvgIpc) is 2.72. The molecule has 0 saturated heterocycles. The van der Waals surface area contributed by atoms with E-state index >= 15 is 0 Å². The normalized spacial score (nSPS) is 21.1. The summed E-state index contributed by atoms with van der Waals surface area (Å²) in [6, 6.07) is -2.30. The zero-order valence-electron chi connectivity index (χ0n) is 15.5. The molecule has 2 rings (SSSR count). The standard InChI is InChI=1S/C10H11N3/c1-8-12-5-6-13(8)10-4-2-3-9(11)7-10/h2-7H,11H2,1H3/i1D3,2D,3D,4D,5D,6D,7D. The lowest BCUT2D eigenvalue weighted by atomic mass is 10.3. The SMILES string of the molecule is [2H]c1nc(C([2H])([2H])[2H])n(-c2c([2H])c([2H])c([2H])c(N)c2[2H])c1[2H]. The second-order valence-corrected chi connectivity index (χ2v) is 2.26. The number of imidazole rings is 1. The Bertz CT molecular complexity index is 733. The highest BCUT2D eigenvalue weighted by Gasteiger charge is 1.99. The van der Waals surface area contributed by atoms with Crippen LogP contribution in [0.4, 0.5) is 5.69 Å². The number of hydrogen-bond acceptors (Lipinski definition) is 2. The van der Waals surface area contributed by atoms with Crippen molar-refractivity contribution in [3.8, 4) is 5.69 Å². The maximum absolute atomic E-state index is 7.89. The molecule has 0 aliphatic heterocycles. The minimum Gasteiger partial charge on any atom is -0.399 e. The Labute approximate surface area is 89.5 Å². The van der Waals surface area contributed by atoms with Crippen LogP contribution in [0.25, 0.3) is 5.69 Å². The summed E-state index contributed by atoms with van der Waals surface area (Å²) in [4.78, 5) is 3.49. The first-order valence-corrected chi connectivity index (χ1v) is 3.41. The van der Waals surface area contributed by atoms with Crippen LogP contribution >= 0.6 is 0 Å². The Morgan fingerprint density at radius 1 is 1.62 bits per heavy atom. The molecular formula is C10H11N3. The maximum Gasteiger partial charge on any atom is 0.110 e. The van der Waals surface area contributed by atoms with Crippen molar-refractivity contribution < 1.29 is 12.3 Å². The Kier molecular flexibility index (Phi) is 0.589. The third-order valence-electron chi connectivity index (χ3n) is 1.39. The number of aryl methyl sites for hydroxylation is 1. The number of anilines is 1. The van der Waals surface area contributed by atoms with E-state index in [2.05, 4.69) is 4.98 Å². The van der Waals surface area contributed by atoms with Crippen LogP contribution in [0.2, 0.25) is 0 Å². The third-order valence-corrected chi connectivity index (χ3v) is 1.39. The van der Waals surface area contributed by atoms with E-state index < -0.39 is 60.6 Å². The number of hydrogen-bond donors (Lipinski definition) is 1. The van der Waals surface area contributed by atoms with Gasteiger partial charge in [-0.05, 0) is 25.0 Å². The molecule has 2 N–H and O–H groups in total. The smallest absolute Gasteiger partial charge is 0.110 e. The highest BCUT2D eigenvalue weighted by atomic mass is 15.1. The topological polar surface area (TPSA) is 43.8 Å². The largest absolute Gasteiger partial charge is 0.399 e. The van der Waals surface area contributed by atoms with Crippen molar-refractivity contribution in [1.82, 2.24) is 9.55 Å². The molecule has 0 aliphatic rings. The van der Waals surface area contributed by atoms with Crippen molar-refractivity contribution in [1.29, 1.82) is 0 Å². The predicted octanol–water partition coefficient (Wildman–Crippen LogP) is 1.76. The van der Waals surface area contributed by atoms with Gasteiger partial charge in [-0.3, -0.25) is 0 Å². The molecule has 1 aromatic heterocycles. The Balaban J connectivity index is 2.96. The lowest BCUT2D eigenvalue weighted by molar-refractivity contribution is 0.975. The molecule has 3 heteroatoms. The van der Waals surface area contributed by atoms with Gasteiger partial charge < -0.3 is 10.3 Å². The molecular weight excluding hydrogens is 162 g/mol. The minimum atomic E-state index is -2.79. The van der Waals surface area contributed by atoms with Crippen LogP contribution < -0.4 is 5.73 Å². The molecule has 0 aliphatic carbocycles. The van der Waals surface area contributed by atoms with Crippen LogP contribution in [0, 0.1) is 6.85 Å². The second-order valence-electron chi connectivity index (χ2n) is 2.26. The summed E-state index contributed by atoms with van der Waals surface area (Å²) < 4.78 is 69.1. The lowest BCUT2D eigenvalue weighted by Gasteiger charge is -2.04. The summed E-state index contributed by atoms with van der Waals surface area (Å²) in [6.45, 7) is -2.79. The molecule has 1 heterocycles. The van der Waals surface area contributed by atoms with Gasteiger partial charge in [-0.25, -0.2) is 4.98 Å². The molecule has 0 saturated carbocycles. The van der Waals surface area contributed by atoms with Gasteiger partial charge in [-0.2, -0.15) is 0 Å². The van der Waals surface area contributed by atoms with E-state index in [0.717, 1.165) is 0 Å². The molecule has 0 unspecified atom stereocenters. The van der Waals surface area contributed by atoms with Gasteiger partial charge in [0.25, 0.3) is 0 Å². The third kappa shape index (κ3) is 1.40. The van der Waals surface area contributed by atoms with Gasteiger partial charge in [0.1, 0.15) is 5.82 Å². The Morgan fingerprint density at radius 2 is 2.54 bits per heavy atom. The van der Waals surface area contributed by atoms with Crippen molar-refractivity contribution in [3.63, 3.8) is 0 Å². The van der Waals surface area contributed by atoms with Gasteiger partial charge in [0, 0.05) is 27.8 Å². The highest BCUT2D eigenvalue weighted by molar-refractivity contribution is 5.47. The molecule has 0 atom stereocenters. The number of nitrogens with zero attached hydrogens (tertiary/aromatic N) is 2. The van der Waals surface area contributed by atoms with Crippen LogP contribution in [0.1, 0.15) is 18.2 Å². The molecule has 0 fully saturated rings. The number of benzene rings is 1. The zero-order valence-corrected chi connectivity index (χ0v) is 6.47. The van der Waals surface area contributed by atoms with E-state index in [9.17, 15) is 0 Å². The van der Waals surface area contributed by atoms with Crippen LogP contribution in [-0.4, -0.2) is 9.55 Å². The van der Waals surface area contributed by atoms with Gasteiger partial charge in [-0.1, -0.05) is 6.04 Å². The van der Waals surface area contributed by atoms with Crippen LogP contribution in [0.3, 0.4) is 0 Å². The first-order chi connectivity index (χ1) is 9.98. The first-order valence-electron chi connectivity index (χ1n) is 7.91. The van der Waals surface area contributed by atoms with E-state index in [0.29, 0.717) is 4.57 Å². The lowest BCUT2D eigenvalue weighted by Crippen LogP contribution is -1.96. The summed E-state index contributed by atoms with van der Waals surface area (Å²) in [5, 5.41) is 0. The number of aromatic nitrogens is 2. The zero-order chi connectivity index (χ0) is 17.0. The van der Waals surface area contributed by atoms with Gasteiger partial charge in [0.15, 0.2) is 0 Å². The van der Waals surface area contributed by atoms with E-state index in [-0.39, 0.29) is 0 Å². The second kappa shape index (κ2) is 2.94. The van der Waals surface area contributed by atoms with Gasteiger partial charge in [-0.15, -0.1) is 0 Å². The average molecular weight is 182 g/mol. The first kappa shape index (κ1) is 2.61. The van der Waals surface area contributed by atoms with E-state index in [4.69, 9.17) is 18.1 Å². The molecule has 0 amide bonds. The maximum atomic E-state index is 7.89. The minimum absolute atomic E-state index is 0.410. The summed E-state index contributed by atoms with van der Waals surface area (Å²) >= 11 is 0. The molecule has 0 radical (unpaired) electrons. The van der Waals surface area contributed by atoms with Gasteiger partial charge in [0.05, 0.1) is 8.22 Å². The molecule has 1 aromatic carbocycles. The van der Waals surface area contributed by atoms with Crippen molar-refractivity contribution in [3.05, 3.63) is 42.3 Å². The van der Waals surface area contributed by atoms with E-state index in [1.165, 1.54) is 0 Å². The quantitative estimate of drug-likeness (QED) is 0.683. The number of rotatable bonds is 1. The predicted molar refractivity (Wildman–Crippen MR) is 52.7 cm³/mol. The fourth-order valence-electron chi connectivity index (χ4n) is 0.852. The van der Waals surface area contributed by atoms with Crippen molar-refractivity contribution in [2.24, 2.45) is 0 Å². The van der Waals surface area contributed by atoms with E-state index in [1.54, 1.807) is 0 Å². The number of nitrogen functional groups attached to an aromatic ring is 1. The molecule has 13 heavy (non-hydrogen) atoms. The fourth-order valence-corrected chi connectivity index (χ4v) is 0.852. The molecule has 0 bridgehead atoms. The van der Waals surface area contributed by atoms with Crippen LogP contribution in [0.5, 0.6) is 0 Å². The van der Waals surface area contributed by atoms with Crippen molar-refractivity contribution in [2.75, 3.05) is 5.73 Å². The van der Waals surface area contributed by atoms with E-state index in [1.807, 2.05) is 0 Å². The summed E-state index contributed by atoms with van der Waals surface area (Å²) in [6.07, 6.45) is -1.27. The Hall–Kier alpha value is -1.77. The number of nitrogens with two attached hydrogens (primary N) is 1. The van der Waals surface area contributed by atoms with Gasteiger partial charge >= 0.3 is 0 Å². The summed E-state index contributed by atoms with van der Waals surface area (Å²) in [5.41, 5.74) is 4.69.